The van der Waals surface area contributed by atoms with Crippen molar-refractivity contribution in [1.29, 1.82) is 0 Å². The van der Waals surface area contributed by atoms with E-state index in [0.717, 1.165) is 17.8 Å². The van der Waals surface area contributed by atoms with E-state index >= 15 is 0 Å². The van der Waals surface area contributed by atoms with Crippen LogP contribution in [0.15, 0.2) is 60.8 Å². The summed E-state index contributed by atoms with van der Waals surface area (Å²) >= 11 is 2.29. The fraction of sp³-hybridized carbons (Fsp3) is 0.125. The van der Waals surface area contributed by atoms with Crippen molar-refractivity contribution in [3.05, 3.63) is 75.6 Å². The zero-order chi connectivity index (χ0) is 14.7. The summed E-state index contributed by atoms with van der Waals surface area (Å²) in [6.45, 7) is 0. The number of rotatable bonds is 4. The van der Waals surface area contributed by atoms with E-state index in [1.165, 1.54) is 9.13 Å². The van der Waals surface area contributed by atoms with Gasteiger partial charge in [-0.15, -0.1) is 0 Å². The van der Waals surface area contributed by atoms with Crippen molar-refractivity contribution in [3.63, 3.8) is 0 Å². The zero-order valence-electron chi connectivity index (χ0n) is 11.4. The quantitative estimate of drug-likeness (QED) is 0.697. The third-order valence-electron chi connectivity index (χ3n) is 3.25. The molecule has 2 N–H and O–H groups in total. The Labute approximate surface area is 137 Å². The summed E-state index contributed by atoms with van der Waals surface area (Å²) < 4.78 is 1.22. The zero-order valence-corrected chi connectivity index (χ0v) is 13.5. The monoisotopic (exact) mass is 390 g/mol. The third kappa shape index (κ3) is 3.48. The molecule has 2 aromatic carbocycles. The summed E-state index contributed by atoms with van der Waals surface area (Å²) in [5, 5.41) is 8.76. The first-order valence-corrected chi connectivity index (χ1v) is 7.78. The van der Waals surface area contributed by atoms with Gasteiger partial charge >= 0.3 is 0 Å². The first-order chi connectivity index (χ1) is 10.2. The Hall–Kier alpha value is -1.73. The Kier molecular flexibility index (Phi) is 4.31. The lowest BCUT2D eigenvalue weighted by atomic mass is 10.1. The van der Waals surface area contributed by atoms with Gasteiger partial charge in [0.2, 0.25) is 0 Å². The Balaban J connectivity index is 1.75. The van der Waals surface area contributed by atoms with Crippen molar-refractivity contribution in [3.8, 4) is 5.69 Å². The van der Waals surface area contributed by atoms with Crippen LogP contribution in [0.1, 0.15) is 17.3 Å². The number of aromatic nitrogens is 3. The van der Waals surface area contributed by atoms with Crippen LogP contribution < -0.4 is 5.73 Å². The molecule has 0 bridgehead atoms. The molecule has 1 atom stereocenters. The van der Waals surface area contributed by atoms with Crippen LogP contribution in [0.25, 0.3) is 5.69 Å². The molecule has 3 aromatic rings. The van der Waals surface area contributed by atoms with E-state index in [1.807, 2.05) is 30.3 Å². The predicted molar refractivity (Wildman–Crippen MR) is 91.2 cm³/mol. The van der Waals surface area contributed by atoms with Crippen molar-refractivity contribution in [2.75, 3.05) is 0 Å². The molecule has 0 fully saturated rings. The molecule has 1 unspecified atom stereocenters. The van der Waals surface area contributed by atoms with Gasteiger partial charge < -0.3 is 5.73 Å². The first kappa shape index (κ1) is 14.2. The van der Waals surface area contributed by atoms with Crippen LogP contribution in [0.2, 0.25) is 0 Å². The van der Waals surface area contributed by atoms with E-state index in [2.05, 4.69) is 57.1 Å². The van der Waals surface area contributed by atoms with Gasteiger partial charge in [-0.1, -0.05) is 30.3 Å². The third-order valence-corrected chi connectivity index (χ3v) is 3.96. The lowest BCUT2D eigenvalue weighted by Crippen LogP contribution is -2.14. The van der Waals surface area contributed by atoms with E-state index in [-0.39, 0.29) is 6.04 Å². The Morgan fingerprint density at radius 3 is 2.48 bits per heavy atom. The second kappa shape index (κ2) is 6.36. The van der Waals surface area contributed by atoms with E-state index in [4.69, 9.17) is 5.73 Å². The largest absolute Gasteiger partial charge is 0.322 e. The Morgan fingerprint density at radius 2 is 1.76 bits per heavy atom. The summed E-state index contributed by atoms with van der Waals surface area (Å²) in [7, 11) is 0. The molecular weight excluding hydrogens is 375 g/mol. The van der Waals surface area contributed by atoms with Gasteiger partial charge in [0.05, 0.1) is 17.9 Å². The molecular formula is C16H15IN4. The van der Waals surface area contributed by atoms with Gasteiger partial charge in [0.25, 0.3) is 0 Å². The number of para-hydroxylation sites is 1. The molecule has 1 heterocycles. The second-order valence-electron chi connectivity index (χ2n) is 4.83. The standard InChI is InChI=1S/C16H15IN4/c17-13-8-6-12(7-9-13)10-15(18)16-11-19-21(20-16)14-4-2-1-3-5-14/h1-9,11,15H,10,18H2. The lowest BCUT2D eigenvalue weighted by molar-refractivity contribution is 0.666. The average molecular weight is 390 g/mol. The van der Waals surface area contributed by atoms with Gasteiger partial charge in [-0.25, -0.2) is 0 Å². The van der Waals surface area contributed by atoms with Crippen LogP contribution in [0.4, 0.5) is 0 Å². The van der Waals surface area contributed by atoms with Crippen molar-refractivity contribution in [2.24, 2.45) is 5.73 Å². The highest BCUT2D eigenvalue weighted by Gasteiger charge is 2.12. The van der Waals surface area contributed by atoms with Gasteiger partial charge in [0.15, 0.2) is 0 Å². The van der Waals surface area contributed by atoms with Crippen molar-refractivity contribution < 1.29 is 0 Å². The van der Waals surface area contributed by atoms with Gasteiger partial charge in [-0.3, -0.25) is 0 Å². The molecule has 3 rings (SSSR count). The number of nitrogens with two attached hydrogens (primary N) is 1. The lowest BCUT2D eigenvalue weighted by Gasteiger charge is -2.08. The van der Waals surface area contributed by atoms with Crippen molar-refractivity contribution in [1.82, 2.24) is 15.0 Å². The molecule has 0 aliphatic rings. The highest BCUT2D eigenvalue weighted by molar-refractivity contribution is 14.1. The molecule has 0 aliphatic heterocycles. The summed E-state index contributed by atoms with van der Waals surface area (Å²) in [6.07, 6.45) is 2.49. The SMILES string of the molecule is NC(Cc1ccc(I)cc1)c1cnn(-c2ccccc2)n1. The smallest absolute Gasteiger partial charge is 0.100 e. The molecule has 5 heteroatoms. The molecule has 0 saturated carbocycles. The fourth-order valence-electron chi connectivity index (χ4n) is 2.11. The van der Waals surface area contributed by atoms with Gasteiger partial charge in [0, 0.05) is 3.57 Å². The molecule has 106 valence electrons. The van der Waals surface area contributed by atoms with Gasteiger partial charge in [-0.05, 0) is 58.8 Å². The first-order valence-electron chi connectivity index (χ1n) is 6.70. The van der Waals surface area contributed by atoms with Gasteiger partial charge in [0.1, 0.15) is 5.69 Å². The summed E-state index contributed by atoms with van der Waals surface area (Å²) in [6, 6.07) is 18.1. The fourth-order valence-corrected chi connectivity index (χ4v) is 2.47. The predicted octanol–water partition coefficient (Wildman–Crippen LogP) is 3.11. The molecule has 4 nitrogen and oxygen atoms in total. The molecule has 0 aliphatic carbocycles. The van der Waals surface area contributed by atoms with Crippen molar-refractivity contribution in [2.45, 2.75) is 12.5 Å². The van der Waals surface area contributed by atoms with Crippen LogP contribution >= 0.6 is 22.6 Å². The average Bonchev–Trinajstić information content (AvgIpc) is 3.00. The number of nitrogens with zero attached hydrogens (tertiary/aromatic N) is 3. The minimum atomic E-state index is -0.150. The van der Waals surface area contributed by atoms with E-state index < -0.39 is 0 Å². The number of benzene rings is 2. The molecule has 0 spiro atoms. The highest BCUT2D eigenvalue weighted by Crippen LogP contribution is 2.16. The van der Waals surface area contributed by atoms with Crippen LogP contribution in [0, 0.1) is 3.57 Å². The maximum absolute atomic E-state index is 6.24. The number of hydrogen-bond acceptors (Lipinski definition) is 3. The normalized spacial score (nSPS) is 12.3. The maximum atomic E-state index is 6.24. The summed E-state index contributed by atoms with van der Waals surface area (Å²) in [4.78, 5) is 1.61. The van der Waals surface area contributed by atoms with E-state index in [0.29, 0.717) is 0 Å². The molecule has 0 amide bonds. The highest BCUT2D eigenvalue weighted by atomic mass is 127. The topological polar surface area (TPSA) is 56.7 Å². The molecule has 21 heavy (non-hydrogen) atoms. The number of halogens is 1. The minimum Gasteiger partial charge on any atom is -0.322 e. The second-order valence-corrected chi connectivity index (χ2v) is 6.08. The minimum absolute atomic E-state index is 0.150. The van der Waals surface area contributed by atoms with Crippen molar-refractivity contribution >= 4 is 22.6 Å². The number of hydrogen-bond donors (Lipinski definition) is 1. The van der Waals surface area contributed by atoms with Crippen LogP contribution in [-0.2, 0) is 6.42 Å². The van der Waals surface area contributed by atoms with Crippen LogP contribution in [0.5, 0.6) is 0 Å². The Morgan fingerprint density at radius 1 is 1.05 bits per heavy atom. The molecule has 0 radical (unpaired) electrons. The molecule has 1 aromatic heterocycles. The molecule has 0 saturated heterocycles. The summed E-state index contributed by atoms with van der Waals surface area (Å²) in [5.74, 6) is 0. The Bertz CT molecular complexity index is 707. The van der Waals surface area contributed by atoms with E-state index in [9.17, 15) is 0 Å². The van der Waals surface area contributed by atoms with E-state index in [1.54, 1.807) is 11.0 Å². The van der Waals surface area contributed by atoms with Crippen LogP contribution in [-0.4, -0.2) is 15.0 Å². The maximum Gasteiger partial charge on any atom is 0.100 e. The summed E-state index contributed by atoms with van der Waals surface area (Å²) in [5.41, 5.74) is 9.18. The van der Waals surface area contributed by atoms with Crippen LogP contribution in [0.3, 0.4) is 0 Å². The van der Waals surface area contributed by atoms with Gasteiger partial charge in [-0.2, -0.15) is 15.0 Å².